The van der Waals surface area contributed by atoms with Crippen LogP contribution in [0.3, 0.4) is 0 Å². The van der Waals surface area contributed by atoms with E-state index in [4.69, 9.17) is 4.74 Å². The van der Waals surface area contributed by atoms with E-state index in [0.29, 0.717) is 30.8 Å². The average molecular weight is 389 g/mol. The normalized spacial score (nSPS) is 17.7. The monoisotopic (exact) mass is 389 g/mol. The summed E-state index contributed by atoms with van der Waals surface area (Å²) in [5, 5.41) is -0.149. The van der Waals surface area contributed by atoms with Gasteiger partial charge in [0, 0.05) is 35.7 Å². The van der Waals surface area contributed by atoms with Crippen molar-refractivity contribution in [1.82, 2.24) is 4.90 Å². The van der Waals surface area contributed by atoms with Gasteiger partial charge < -0.3 is 9.64 Å². The number of carbonyl (C=O) groups excluding carboxylic acids is 1. The van der Waals surface area contributed by atoms with Crippen LogP contribution in [0.5, 0.6) is 5.75 Å². The molecule has 0 aliphatic carbocycles. The third-order valence-corrected chi connectivity index (χ3v) is 5.80. The molecule has 1 unspecified atom stereocenters. The fourth-order valence-electron chi connectivity index (χ4n) is 2.99. The van der Waals surface area contributed by atoms with Crippen molar-refractivity contribution in [3.63, 3.8) is 0 Å². The lowest BCUT2D eigenvalue weighted by molar-refractivity contribution is -0.125. The Hall–Kier alpha value is -2.34. The highest BCUT2D eigenvalue weighted by molar-refractivity contribution is 7.99. The summed E-state index contributed by atoms with van der Waals surface area (Å²) in [6, 6.07) is 11.0. The summed E-state index contributed by atoms with van der Waals surface area (Å²) < 4.78 is 32.6. The molecule has 27 heavy (non-hydrogen) atoms. The molecule has 2 aromatic carbocycles. The number of methoxy groups -OCH3 is 1. The number of benzene rings is 2. The number of nitrogens with zero attached hydrogens (tertiary/aromatic N) is 1. The summed E-state index contributed by atoms with van der Waals surface area (Å²) >= 11 is 1.56. The van der Waals surface area contributed by atoms with E-state index in [9.17, 15) is 13.6 Å². The van der Waals surface area contributed by atoms with E-state index in [1.807, 2.05) is 24.3 Å². The van der Waals surface area contributed by atoms with Crippen LogP contribution in [0.2, 0.25) is 0 Å². The summed E-state index contributed by atoms with van der Waals surface area (Å²) in [5.41, 5.74) is 1.29. The second kappa shape index (κ2) is 9.04. The van der Waals surface area contributed by atoms with E-state index in [-0.39, 0.29) is 11.2 Å². The summed E-state index contributed by atoms with van der Waals surface area (Å²) in [6.45, 7) is 1.10. The van der Waals surface area contributed by atoms with Crippen LogP contribution < -0.4 is 4.74 Å². The SMILES string of the molecule is COc1ccc(C=CC(=O)N2CCSC(c3cc(F)ccc3F)CC2)cc1. The van der Waals surface area contributed by atoms with Gasteiger partial charge in [0.1, 0.15) is 17.4 Å². The molecular formula is C21H21F2NO2S. The highest BCUT2D eigenvalue weighted by Gasteiger charge is 2.23. The minimum atomic E-state index is -0.438. The van der Waals surface area contributed by atoms with Gasteiger partial charge in [-0.3, -0.25) is 4.79 Å². The van der Waals surface area contributed by atoms with Crippen LogP contribution in [-0.2, 0) is 4.79 Å². The first kappa shape index (κ1) is 19.4. The molecule has 0 radical (unpaired) electrons. The second-order valence-corrected chi connectivity index (χ2v) is 7.56. The third-order valence-electron chi connectivity index (χ3n) is 4.49. The van der Waals surface area contributed by atoms with Gasteiger partial charge in [-0.2, -0.15) is 11.8 Å². The summed E-state index contributed by atoms with van der Waals surface area (Å²) in [6.07, 6.45) is 3.91. The van der Waals surface area contributed by atoms with E-state index in [1.165, 1.54) is 6.07 Å². The Morgan fingerprint density at radius 1 is 1.19 bits per heavy atom. The van der Waals surface area contributed by atoms with Gasteiger partial charge in [0.05, 0.1) is 7.11 Å². The van der Waals surface area contributed by atoms with Crippen LogP contribution in [0.4, 0.5) is 8.78 Å². The van der Waals surface area contributed by atoms with Gasteiger partial charge in [-0.1, -0.05) is 12.1 Å². The molecule has 1 aliphatic rings. The van der Waals surface area contributed by atoms with Crippen LogP contribution in [0.1, 0.15) is 22.8 Å². The van der Waals surface area contributed by atoms with Crippen molar-refractivity contribution in [2.45, 2.75) is 11.7 Å². The van der Waals surface area contributed by atoms with Crippen molar-refractivity contribution in [3.05, 3.63) is 71.3 Å². The Labute approximate surface area is 162 Å². The molecule has 0 bridgehead atoms. The first-order chi connectivity index (χ1) is 13.1. The maximum Gasteiger partial charge on any atom is 0.246 e. The Morgan fingerprint density at radius 2 is 1.96 bits per heavy atom. The Bertz CT molecular complexity index is 823. The Morgan fingerprint density at radius 3 is 2.70 bits per heavy atom. The maximum atomic E-state index is 14.0. The number of halogens is 2. The van der Waals surface area contributed by atoms with Gasteiger partial charge in [-0.15, -0.1) is 0 Å². The number of thioether (sulfide) groups is 1. The van der Waals surface area contributed by atoms with Gasteiger partial charge in [0.25, 0.3) is 0 Å². The molecule has 1 heterocycles. The van der Waals surface area contributed by atoms with Gasteiger partial charge in [0.2, 0.25) is 5.91 Å². The number of ether oxygens (including phenoxy) is 1. The van der Waals surface area contributed by atoms with Crippen LogP contribution in [0.25, 0.3) is 6.08 Å². The fourth-order valence-corrected chi connectivity index (χ4v) is 4.23. The van der Waals surface area contributed by atoms with Crippen molar-refractivity contribution >= 4 is 23.7 Å². The lowest BCUT2D eigenvalue weighted by Crippen LogP contribution is -2.31. The first-order valence-electron chi connectivity index (χ1n) is 8.74. The van der Waals surface area contributed by atoms with Crippen molar-refractivity contribution < 1.29 is 18.3 Å². The number of carbonyl (C=O) groups is 1. The van der Waals surface area contributed by atoms with Crippen molar-refractivity contribution in [3.8, 4) is 5.75 Å². The van der Waals surface area contributed by atoms with E-state index >= 15 is 0 Å². The molecule has 6 heteroatoms. The third kappa shape index (κ3) is 5.10. The molecule has 1 fully saturated rings. The predicted molar refractivity (Wildman–Crippen MR) is 105 cm³/mol. The average Bonchev–Trinajstić information content (AvgIpc) is 2.94. The molecule has 0 aromatic heterocycles. The van der Waals surface area contributed by atoms with Gasteiger partial charge in [-0.05, 0) is 48.4 Å². The minimum Gasteiger partial charge on any atom is -0.497 e. The Kier molecular flexibility index (Phi) is 6.50. The first-order valence-corrected chi connectivity index (χ1v) is 9.79. The van der Waals surface area contributed by atoms with Gasteiger partial charge in [0.15, 0.2) is 0 Å². The Balaban J connectivity index is 1.62. The van der Waals surface area contributed by atoms with Crippen molar-refractivity contribution in [2.24, 2.45) is 0 Å². The molecule has 1 atom stereocenters. The molecule has 3 rings (SSSR count). The molecule has 0 spiro atoms. The molecule has 0 saturated carbocycles. The summed E-state index contributed by atoms with van der Waals surface area (Å²) in [4.78, 5) is 14.2. The standard InChI is InChI=1S/C21H21F2NO2S/c1-26-17-6-2-15(3-7-17)4-9-21(25)24-11-10-20(27-13-12-24)18-14-16(22)5-8-19(18)23/h2-9,14,20H,10-13H2,1H3. The molecule has 1 amide bonds. The van der Waals surface area contributed by atoms with Gasteiger partial charge >= 0.3 is 0 Å². The maximum absolute atomic E-state index is 14.0. The lowest BCUT2D eigenvalue weighted by Gasteiger charge is -2.18. The topological polar surface area (TPSA) is 29.5 Å². The molecule has 3 nitrogen and oxygen atoms in total. The highest BCUT2D eigenvalue weighted by Crippen LogP contribution is 2.36. The van der Waals surface area contributed by atoms with E-state index in [0.717, 1.165) is 23.4 Å². The quantitative estimate of drug-likeness (QED) is 0.711. The lowest BCUT2D eigenvalue weighted by atomic mass is 10.1. The smallest absolute Gasteiger partial charge is 0.246 e. The largest absolute Gasteiger partial charge is 0.497 e. The number of rotatable bonds is 4. The van der Waals surface area contributed by atoms with Crippen molar-refractivity contribution in [2.75, 3.05) is 26.0 Å². The van der Waals surface area contributed by atoms with E-state index < -0.39 is 11.6 Å². The molecule has 1 saturated heterocycles. The molecule has 142 valence electrons. The number of hydrogen-bond donors (Lipinski definition) is 0. The summed E-state index contributed by atoms with van der Waals surface area (Å²) in [7, 11) is 1.61. The van der Waals surface area contributed by atoms with Crippen LogP contribution in [0, 0.1) is 11.6 Å². The second-order valence-electron chi connectivity index (χ2n) is 6.25. The number of amides is 1. The fraction of sp³-hybridized carbons (Fsp3) is 0.286. The molecule has 1 aliphatic heterocycles. The van der Waals surface area contributed by atoms with Gasteiger partial charge in [-0.25, -0.2) is 8.78 Å². The van der Waals surface area contributed by atoms with Crippen LogP contribution in [-0.4, -0.2) is 36.8 Å². The molecule has 0 N–H and O–H groups in total. The zero-order chi connectivity index (χ0) is 19.2. The van der Waals surface area contributed by atoms with E-state index in [1.54, 1.807) is 35.9 Å². The minimum absolute atomic E-state index is 0.0771. The predicted octanol–water partition coefficient (Wildman–Crippen LogP) is 4.69. The molecule has 2 aromatic rings. The van der Waals surface area contributed by atoms with Crippen LogP contribution in [0.15, 0.2) is 48.5 Å². The van der Waals surface area contributed by atoms with E-state index in [2.05, 4.69) is 0 Å². The summed E-state index contributed by atoms with van der Waals surface area (Å²) in [5.74, 6) is 0.535. The van der Waals surface area contributed by atoms with Crippen molar-refractivity contribution in [1.29, 1.82) is 0 Å². The number of hydrogen-bond acceptors (Lipinski definition) is 3. The van der Waals surface area contributed by atoms with Crippen LogP contribution >= 0.6 is 11.8 Å². The zero-order valence-corrected chi connectivity index (χ0v) is 15.8. The highest BCUT2D eigenvalue weighted by atomic mass is 32.2. The molecular weight excluding hydrogens is 368 g/mol. The zero-order valence-electron chi connectivity index (χ0n) is 15.0.